The maximum atomic E-state index is 11.8. The first-order chi connectivity index (χ1) is 9.04. The van der Waals surface area contributed by atoms with Gasteiger partial charge in [-0.15, -0.1) is 6.42 Å². The predicted octanol–water partition coefficient (Wildman–Crippen LogP) is 3.00. The largest absolute Gasteiger partial charge is 0.508 e. The van der Waals surface area contributed by atoms with Crippen LogP contribution in [0.2, 0.25) is 0 Å². The molecule has 0 aliphatic heterocycles. The number of rotatable bonds is 3. The molecule has 0 amide bonds. The van der Waals surface area contributed by atoms with Crippen molar-refractivity contribution < 1.29 is 9.90 Å². The summed E-state index contributed by atoms with van der Waals surface area (Å²) >= 11 is 0. The van der Waals surface area contributed by atoms with Gasteiger partial charge in [-0.3, -0.25) is 4.79 Å². The fourth-order valence-corrected chi connectivity index (χ4v) is 2.26. The summed E-state index contributed by atoms with van der Waals surface area (Å²) in [6, 6.07) is 6.85. The van der Waals surface area contributed by atoms with Crippen molar-refractivity contribution >= 4 is 5.78 Å². The Bertz CT molecular complexity index is 675. The van der Waals surface area contributed by atoms with Crippen molar-refractivity contribution in [2.24, 2.45) is 0 Å². The summed E-state index contributed by atoms with van der Waals surface area (Å²) in [7, 11) is 0. The number of carbonyl (C=O) groups excluding carboxylic acids is 1. The van der Waals surface area contributed by atoms with Crippen LogP contribution < -0.4 is 0 Å². The van der Waals surface area contributed by atoms with Gasteiger partial charge in [-0.2, -0.15) is 0 Å². The van der Waals surface area contributed by atoms with Crippen LogP contribution in [0.1, 0.15) is 23.0 Å². The second-order valence-electron chi connectivity index (χ2n) is 4.44. The molecule has 1 N–H and O–H groups in total. The third-order valence-electron chi connectivity index (χ3n) is 3.12. The zero-order chi connectivity index (χ0) is 14.0. The standard InChI is InChI=1S/C16H15NO2/c1-4-8-17-10-15(16(11(17)2)12(3)18)13-6-5-7-14(19)9-13/h1,5-7,9-10,19H,8H2,2-3H3. The molecule has 2 aromatic rings. The minimum Gasteiger partial charge on any atom is -0.508 e. The highest BCUT2D eigenvalue weighted by Crippen LogP contribution is 2.30. The Morgan fingerprint density at radius 1 is 1.47 bits per heavy atom. The van der Waals surface area contributed by atoms with Crippen LogP contribution in [0.15, 0.2) is 30.5 Å². The summed E-state index contributed by atoms with van der Waals surface area (Å²) < 4.78 is 1.87. The second-order valence-corrected chi connectivity index (χ2v) is 4.44. The molecule has 0 fully saturated rings. The topological polar surface area (TPSA) is 42.2 Å². The Morgan fingerprint density at radius 3 is 2.79 bits per heavy atom. The van der Waals surface area contributed by atoms with Crippen molar-refractivity contribution in [2.45, 2.75) is 20.4 Å². The number of ketones is 1. The van der Waals surface area contributed by atoms with E-state index >= 15 is 0 Å². The van der Waals surface area contributed by atoms with E-state index in [0.717, 1.165) is 16.8 Å². The molecule has 1 aromatic carbocycles. The van der Waals surface area contributed by atoms with E-state index in [2.05, 4.69) is 5.92 Å². The number of hydrogen-bond acceptors (Lipinski definition) is 2. The number of aromatic nitrogens is 1. The molecule has 1 heterocycles. The van der Waals surface area contributed by atoms with E-state index < -0.39 is 0 Å². The smallest absolute Gasteiger partial charge is 0.162 e. The first-order valence-electron chi connectivity index (χ1n) is 5.98. The van der Waals surface area contributed by atoms with Gasteiger partial charge in [-0.25, -0.2) is 0 Å². The lowest BCUT2D eigenvalue weighted by molar-refractivity contribution is 0.101. The number of nitrogens with zero attached hydrogens (tertiary/aromatic N) is 1. The van der Waals surface area contributed by atoms with Gasteiger partial charge >= 0.3 is 0 Å². The van der Waals surface area contributed by atoms with E-state index in [4.69, 9.17) is 6.42 Å². The lowest BCUT2D eigenvalue weighted by atomic mass is 10.0. The molecular formula is C16H15NO2. The number of phenols is 1. The van der Waals surface area contributed by atoms with E-state index in [-0.39, 0.29) is 11.5 Å². The van der Waals surface area contributed by atoms with E-state index in [9.17, 15) is 9.90 Å². The fourth-order valence-electron chi connectivity index (χ4n) is 2.26. The summed E-state index contributed by atoms with van der Waals surface area (Å²) in [5.41, 5.74) is 3.12. The van der Waals surface area contributed by atoms with Gasteiger partial charge in [-0.1, -0.05) is 18.1 Å². The summed E-state index contributed by atoms with van der Waals surface area (Å²) in [5.74, 6) is 2.74. The maximum Gasteiger partial charge on any atom is 0.162 e. The van der Waals surface area contributed by atoms with Gasteiger partial charge in [0.2, 0.25) is 0 Å². The Morgan fingerprint density at radius 2 is 2.21 bits per heavy atom. The molecular weight excluding hydrogens is 238 g/mol. The first-order valence-corrected chi connectivity index (χ1v) is 5.98. The molecule has 0 unspecified atom stereocenters. The van der Waals surface area contributed by atoms with Crippen LogP contribution in [-0.4, -0.2) is 15.5 Å². The average molecular weight is 253 g/mol. The zero-order valence-electron chi connectivity index (χ0n) is 11.0. The molecule has 0 atom stereocenters. The first kappa shape index (κ1) is 13.0. The molecule has 19 heavy (non-hydrogen) atoms. The maximum absolute atomic E-state index is 11.8. The Kier molecular flexibility index (Phi) is 3.43. The van der Waals surface area contributed by atoms with E-state index in [0.29, 0.717) is 12.1 Å². The van der Waals surface area contributed by atoms with Gasteiger partial charge in [0, 0.05) is 23.0 Å². The van der Waals surface area contributed by atoms with Crippen LogP contribution in [0.3, 0.4) is 0 Å². The second kappa shape index (κ2) is 5.03. The van der Waals surface area contributed by atoms with Crippen LogP contribution in [-0.2, 0) is 6.54 Å². The van der Waals surface area contributed by atoms with Gasteiger partial charge in [0.1, 0.15) is 5.75 Å². The van der Waals surface area contributed by atoms with E-state index in [1.165, 1.54) is 6.92 Å². The van der Waals surface area contributed by atoms with Crippen LogP contribution in [0.4, 0.5) is 0 Å². The Labute approximate surface area is 112 Å². The third-order valence-corrected chi connectivity index (χ3v) is 3.12. The number of hydrogen-bond donors (Lipinski definition) is 1. The molecule has 1 aromatic heterocycles. The van der Waals surface area contributed by atoms with Gasteiger partial charge in [0.25, 0.3) is 0 Å². The van der Waals surface area contributed by atoms with Crippen molar-refractivity contribution in [1.29, 1.82) is 0 Å². The molecule has 0 bridgehead atoms. The highest BCUT2D eigenvalue weighted by molar-refractivity contribution is 6.02. The number of benzene rings is 1. The number of carbonyl (C=O) groups is 1. The summed E-state index contributed by atoms with van der Waals surface area (Å²) in [6.45, 7) is 3.83. The minimum absolute atomic E-state index is 0.00776. The van der Waals surface area contributed by atoms with Gasteiger partial charge < -0.3 is 9.67 Å². The average Bonchev–Trinajstić information content (AvgIpc) is 2.67. The molecule has 0 saturated heterocycles. The Balaban J connectivity index is 2.66. The van der Waals surface area contributed by atoms with Crippen LogP contribution in [0.5, 0.6) is 5.75 Å². The minimum atomic E-state index is -0.00776. The zero-order valence-corrected chi connectivity index (χ0v) is 11.0. The van der Waals surface area contributed by atoms with Gasteiger partial charge in [0.15, 0.2) is 5.78 Å². The van der Waals surface area contributed by atoms with Crippen molar-refractivity contribution in [1.82, 2.24) is 4.57 Å². The molecule has 2 rings (SSSR count). The molecule has 96 valence electrons. The molecule has 3 nitrogen and oxygen atoms in total. The summed E-state index contributed by atoms with van der Waals surface area (Å²) in [4.78, 5) is 11.8. The number of aromatic hydroxyl groups is 1. The van der Waals surface area contributed by atoms with Gasteiger partial charge in [-0.05, 0) is 31.5 Å². The van der Waals surface area contributed by atoms with Crippen molar-refractivity contribution in [3.63, 3.8) is 0 Å². The van der Waals surface area contributed by atoms with Gasteiger partial charge in [0.05, 0.1) is 6.54 Å². The SMILES string of the molecule is C#CCn1cc(-c2cccc(O)c2)c(C(C)=O)c1C. The lowest BCUT2D eigenvalue weighted by Crippen LogP contribution is -2.00. The van der Waals surface area contributed by atoms with E-state index in [1.807, 2.05) is 23.8 Å². The van der Waals surface area contributed by atoms with Crippen LogP contribution in [0.25, 0.3) is 11.1 Å². The van der Waals surface area contributed by atoms with Crippen LogP contribution >= 0.6 is 0 Å². The fraction of sp³-hybridized carbons (Fsp3) is 0.188. The highest BCUT2D eigenvalue weighted by Gasteiger charge is 2.17. The van der Waals surface area contributed by atoms with Crippen LogP contribution in [0, 0.1) is 19.3 Å². The third kappa shape index (κ3) is 2.38. The predicted molar refractivity (Wildman–Crippen MR) is 75.1 cm³/mol. The normalized spacial score (nSPS) is 10.2. The van der Waals surface area contributed by atoms with Crippen molar-refractivity contribution in [2.75, 3.05) is 0 Å². The lowest BCUT2D eigenvalue weighted by Gasteiger charge is -2.03. The molecule has 3 heteroatoms. The van der Waals surface area contributed by atoms with Crippen molar-refractivity contribution in [3.8, 4) is 29.2 Å². The van der Waals surface area contributed by atoms with Crippen molar-refractivity contribution in [3.05, 3.63) is 41.7 Å². The highest BCUT2D eigenvalue weighted by atomic mass is 16.3. The summed E-state index contributed by atoms with van der Waals surface area (Å²) in [6.07, 6.45) is 7.19. The molecule has 0 radical (unpaired) electrons. The molecule has 0 aliphatic carbocycles. The monoisotopic (exact) mass is 253 g/mol. The number of phenolic OH excluding ortho intramolecular Hbond substituents is 1. The number of terminal acetylenes is 1. The molecule has 0 saturated carbocycles. The Hall–Kier alpha value is -2.47. The molecule has 0 spiro atoms. The van der Waals surface area contributed by atoms with E-state index in [1.54, 1.807) is 18.2 Å². The number of Topliss-reactive ketones (excluding diaryl/α,β-unsaturated/α-hetero) is 1. The summed E-state index contributed by atoms with van der Waals surface area (Å²) in [5, 5.41) is 9.56. The molecule has 0 aliphatic rings. The quantitative estimate of drug-likeness (QED) is 0.675.